The Labute approximate surface area is 162 Å². The van der Waals surface area contributed by atoms with E-state index in [9.17, 15) is 9.18 Å². The van der Waals surface area contributed by atoms with E-state index in [0.29, 0.717) is 43.3 Å². The molecule has 0 radical (unpaired) electrons. The lowest BCUT2D eigenvalue weighted by molar-refractivity contribution is -0.134. The lowest BCUT2D eigenvalue weighted by atomic mass is 10.0. The number of rotatable bonds is 5. The fourth-order valence-corrected chi connectivity index (χ4v) is 3.85. The van der Waals surface area contributed by atoms with Crippen molar-refractivity contribution in [3.05, 3.63) is 35.7 Å². The van der Waals surface area contributed by atoms with Gasteiger partial charge in [-0.25, -0.2) is 4.39 Å². The van der Waals surface area contributed by atoms with Gasteiger partial charge in [0.15, 0.2) is 0 Å². The molecule has 8 nitrogen and oxygen atoms in total. The minimum atomic E-state index is -0.347. The molecule has 1 unspecified atom stereocenters. The highest BCUT2D eigenvalue weighted by Gasteiger charge is 2.33. The maximum Gasteiger partial charge on any atom is 0.227 e. The Kier molecular flexibility index (Phi) is 5.34. The zero-order chi connectivity index (χ0) is 19.5. The molecule has 1 fully saturated rings. The third-order valence-electron chi connectivity index (χ3n) is 5.37. The molecule has 0 spiro atoms. The summed E-state index contributed by atoms with van der Waals surface area (Å²) >= 11 is 0. The van der Waals surface area contributed by atoms with Crippen molar-refractivity contribution in [2.45, 2.75) is 12.8 Å². The number of tetrazole rings is 1. The summed E-state index contributed by atoms with van der Waals surface area (Å²) in [7, 11) is 1.68. The Bertz CT molecular complexity index is 869. The van der Waals surface area contributed by atoms with Gasteiger partial charge in [0.25, 0.3) is 0 Å². The van der Waals surface area contributed by atoms with Gasteiger partial charge in [0.1, 0.15) is 5.82 Å². The fourth-order valence-electron chi connectivity index (χ4n) is 3.85. The molecule has 1 N–H and O–H groups in total. The number of aromatic nitrogens is 4. The molecule has 1 atom stereocenters. The average molecular weight is 386 g/mol. The molecule has 3 heterocycles. The van der Waals surface area contributed by atoms with Crippen LogP contribution in [0.15, 0.2) is 29.8 Å². The lowest BCUT2D eigenvalue weighted by Gasteiger charge is -2.29. The van der Waals surface area contributed by atoms with Crippen molar-refractivity contribution in [1.29, 1.82) is 0 Å². The smallest absolute Gasteiger partial charge is 0.227 e. The molecule has 28 heavy (non-hydrogen) atoms. The summed E-state index contributed by atoms with van der Waals surface area (Å²) in [6.45, 7) is 3.16. The molecule has 2 aromatic rings. The van der Waals surface area contributed by atoms with Crippen LogP contribution in [0.3, 0.4) is 0 Å². The van der Waals surface area contributed by atoms with Crippen LogP contribution in [-0.4, -0.2) is 71.3 Å². The first-order valence-electron chi connectivity index (χ1n) is 9.39. The van der Waals surface area contributed by atoms with Crippen molar-refractivity contribution >= 4 is 11.6 Å². The monoisotopic (exact) mass is 386 g/mol. The van der Waals surface area contributed by atoms with Crippen LogP contribution in [0.2, 0.25) is 0 Å². The molecule has 1 amide bonds. The number of ether oxygens (including phenoxy) is 1. The normalized spacial score (nSPS) is 19.8. The lowest BCUT2D eigenvalue weighted by Crippen LogP contribution is -2.40. The second-order valence-electron chi connectivity index (χ2n) is 7.16. The highest BCUT2D eigenvalue weighted by atomic mass is 19.1. The van der Waals surface area contributed by atoms with Crippen molar-refractivity contribution in [2.24, 2.45) is 5.92 Å². The topological polar surface area (TPSA) is 87.2 Å². The van der Waals surface area contributed by atoms with Crippen LogP contribution in [0.5, 0.6) is 0 Å². The van der Waals surface area contributed by atoms with Crippen molar-refractivity contribution in [3.8, 4) is 11.4 Å². The molecule has 2 aliphatic heterocycles. The molecule has 148 valence electrons. The van der Waals surface area contributed by atoms with Gasteiger partial charge >= 0.3 is 0 Å². The van der Waals surface area contributed by atoms with Crippen LogP contribution in [0, 0.1) is 11.7 Å². The van der Waals surface area contributed by atoms with Gasteiger partial charge in [-0.05, 0) is 41.8 Å². The number of anilines is 1. The number of aromatic amines is 1. The van der Waals surface area contributed by atoms with Crippen LogP contribution in [0.1, 0.15) is 12.8 Å². The molecular weight excluding hydrogens is 363 g/mol. The van der Waals surface area contributed by atoms with Gasteiger partial charge in [-0.2, -0.15) is 5.21 Å². The second kappa shape index (κ2) is 8.05. The van der Waals surface area contributed by atoms with Crippen molar-refractivity contribution in [2.75, 3.05) is 44.8 Å². The number of carbonyl (C=O) groups excluding carboxylic acids is 1. The number of carbonyl (C=O) groups is 1. The molecule has 9 heteroatoms. The number of benzene rings is 1. The fraction of sp³-hybridized carbons (Fsp3) is 0.474. The van der Waals surface area contributed by atoms with E-state index in [1.165, 1.54) is 11.6 Å². The molecule has 1 aromatic heterocycles. The number of methoxy groups -OCH3 is 1. The summed E-state index contributed by atoms with van der Waals surface area (Å²) in [4.78, 5) is 16.7. The highest BCUT2D eigenvalue weighted by Crippen LogP contribution is 2.30. The number of hydrogen-bond donors (Lipinski definition) is 1. The Morgan fingerprint density at radius 1 is 1.39 bits per heavy atom. The summed E-state index contributed by atoms with van der Waals surface area (Å²) in [5.74, 6) is 0.0548. The maximum atomic E-state index is 14.6. The molecule has 0 bridgehead atoms. The predicted octanol–water partition coefficient (Wildman–Crippen LogP) is 1.64. The largest absolute Gasteiger partial charge is 0.380 e. The van der Waals surface area contributed by atoms with Crippen LogP contribution in [-0.2, 0) is 9.53 Å². The number of nitrogens with one attached hydrogen (secondary N) is 1. The van der Waals surface area contributed by atoms with Crippen LogP contribution in [0.4, 0.5) is 10.1 Å². The molecule has 1 aromatic carbocycles. The van der Waals surface area contributed by atoms with E-state index < -0.39 is 0 Å². The van der Waals surface area contributed by atoms with Gasteiger partial charge in [0, 0.05) is 38.9 Å². The number of halogens is 1. The summed E-state index contributed by atoms with van der Waals surface area (Å²) in [6.07, 6.45) is 3.66. The van der Waals surface area contributed by atoms with Gasteiger partial charge in [0.05, 0.1) is 18.2 Å². The van der Waals surface area contributed by atoms with Gasteiger partial charge in [-0.15, -0.1) is 10.2 Å². The van der Waals surface area contributed by atoms with E-state index in [4.69, 9.17) is 4.74 Å². The van der Waals surface area contributed by atoms with E-state index in [0.717, 1.165) is 19.4 Å². The first kappa shape index (κ1) is 18.5. The zero-order valence-electron chi connectivity index (χ0n) is 15.8. The van der Waals surface area contributed by atoms with Crippen molar-refractivity contribution < 1.29 is 13.9 Å². The summed E-state index contributed by atoms with van der Waals surface area (Å²) < 4.78 is 19.8. The number of nitrogens with zero attached hydrogens (tertiary/aromatic N) is 5. The Hall–Kier alpha value is -2.81. The maximum absolute atomic E-state index is 14.6. The van der Waals surface area contributed by atoms with Crippen molar-refractivity contribution in [3.63, 3.8) is 0 Å². The van der Waals surface area contributed by atoms with Crippen LogP contribution in [0.25, 0.3) is 11.4 Å². The SMILES string of the molecule is COCC1=CCN(C(=O)C2CCN(c3ccc(-c4nn[nH]n4)cc3F)C2)CC1. The zero-order valence-corrected chi connectivity index (χ0v) is 15.8. The first-order valence-corrected chi connectivity index (χ1v) is 9.39. The van der Waals surface area contributed by atoms with Crippen LogP contribution < -0.4 is 4.90 Å². The number of H-pyrrole nitrogens is 1. The molecule has 0 aliphatic carbocycles. The highest BCUT2D eigenvalue weighted by molar-refractivity contribution is 5.80. The van der Waals surface area contributed by atoms with Crippen molar-refractivity contribution in [1.82, 2.24) is 25.5 Å². The Morgan fingerprint density at radius 3 is 2.96 bits per heavy atom. The third kappa shape index (κ3) is 3.75. The predicted molar refractivity (Wildman–Crippen MR) is 101 cm³/mol. The second-order valence-corrected chi connectivity index (χ2v) is 7.16. The first-order chi connectivity index (χ1) is 13.7. The van der Waals surface area contributed by atoms with Gasteiger partial charge in [-0.1, -0.05) is 6.08 Å². The molecule has 4 rings (SSSR count). The minimum absolute atomic E-state index is 0.103. The molecule has 1 saturated heterocycles. The molecule has 2 aliphatic rings. The van der Waals surface area contributed by atoms with E-state index in [1.807, 2.05) is 9.80 Å². The average Bonchev–Trinajstić information content (AvgIpc) is 3.41. The Balaban J connectivity index is 1.40. The van der Waals surface area contributed by atoms with Crippen LogP contribution >= 0.6 is 0 Å². The number of hydrogen-bond acceptors (Lipinski definition) is 6. The van der Waals surface area contributed by atoms with E-state index in [2.05, 4.69) is 26.7 Å². The molecule has 0 saturated carbocycles. The van der Waals surface area contributed by atoms with E-state index in [-0.39, 0.29) is 17.6 Å². The molecular formula is C19H23FN6O2. The van der Waals surface area contributed by atoms with E-state index in [1.54, 1.807) is 19.2 Å². The van der Waals surface area contributed by atoms with Gasteiger partial charge in [0.2, 0.25) is 11.7 Å². The summed E-state index contributed by atoms with van der Waals surface area (Å²) in [6, 6.07) is 4.89. The quantitative estimate of drug-likeness (QED) is 0.786. The standard InChI is InChI=1S/C19H23FN6O2/c1-28-12-13-4-7-25(8-5-13)19(27)15-6-9-26(11-15)17-3-2-14(10-16(17)20)18-21-23-24-22-18/h2-4,10,15H,5-9,11-12H2,1H3,(H,21,22,23,24). The van der Waals surface area contributed by atoms with Gasteiger partial charge < -0.3 is 14.5 Å². The van der Waals surface area contributed by atoms with E-state index >= 15 is 0 Å². The summed E-state index contributed by atoms with van der Waals surface area (Å²) in [5, 5.41) is 13.6. The number of amides is 1. The third-order valence-corrected chi connectivity index (χ3v) is 5.37. The summed E-state index contributed by atoms with van der Waals surface area (Å²) in [5.41, 5.74) is 2.31. The Morgan fingerprint density at radius 2 is 2.29 bits per heavy atom. The minimum Gasteiger partial charge on any atom is -0.380 e. The van der Waals surface area contributed by atoms with Gasteiger partial charge in [-0.3, -0.25) is 4.79 Å².